The Kier molecular flexibility index (Phi) is 3.65. The highest BCUT2D eigenvalue weighted by Gasteiger charge is 2.35. The number of hydrazone groups is 1. The number of rotatable bonds is 3. The highest BCUT2D eigenvalue weighted by molar-refractivity contribution is 5.97. The number of nitro benzene ring substituents is 1. The lowest BCUT2D eigenvalue weighted by Crippen LogP contribution is -2.25. The van der Waals surface area contributed by atoms with Crippen LogP contribution in [0.2, 0.25) is 0 Å². The molecule has 1 aliphatic heterocycles. The monoisotopic (exact) mass is 351 g/mol. The molecule has 0 aliphatic carbocycles. The van der Waals surface area contributed by atoms with Gasteiger partial charge in [-0.15, -0.1) is 5.10 Å². The number of amides is 1. The largest absolute Gasteiger partial charge is 0.451 e. The van der Waals surface area contributed by atoms with Crippen LogP contribution in [0.4, 0.5) is 5.69 Å². The van der Waals surface area contributed by atoms with Crippen LogP contribution in [0.1, 0.15) is 24.5 Å². The lowest BCUT2D eigenvalue weighted by Gasteiger charge is -2.18. The lowest BCUT2D eigenvalue weighted by molar-refractivity contribution is -0.385. The number of nitro groups is 1. The molecule has 0 bridgehead atoms. The van der Waals surface area contributed by atoms with E-state index in [-0.39, 0.29) is 17.5 Å². The molecule has 1 aromatic heterocycles. The molecule has 1 atom stereocenters. The zero-order valence-electron chi connectivity index (χ0n) is 13.7. The lowest BCUT2D eigenvalue weighted by atomic mass is 10.1. The molecule has 130 valence electrons. The maximum absolute atomic E-state index is 12.0. The van der Waals surface area contributed by atoms with Crippen molar-refractivity contribution in [2.75, 3.05) is 0 Å². The molecule has 3 aromatic rings. The SMILES string of the molecule is CC(=O)N1N=C(c2cc3ccccc3o2)OC1c1cccc([N+](=O)[O-])c1. The maximum atomic E-state index is 12.0. The third-order valence-electron chi connectivity index (χ3n) is 3.97. The van der Waals surface area contributed by atoms with Crippen LogP contribution in [-0.4, -0.2) is 21.7 Å². The highest BCUT2D eigenvalue weighted by Crippen LogP contribution is 2.33. The maximum Gasteiger partial charge on any atom is 0.277 e. The molecule has 0 radical (unpaired) electrons. The Labute approximate surface area is 147 Å². The number of hydrogen-bond acceptors (Lipinski definition) is 6. The quantitative estimate of drug-likeness (QED) is 0.530. The number of para-hydroxylation sites is 1. The van der Waals surface area contributed by atoms with Gasteiger partial charge in [0, 0.05) is 30.0 Å². The molecule has 0 spiro atoms. The van der Waals surface area contributed by atoms with Crippen LogP contribution in [0.15, 0.2) is 64.1 Å². The van der Waals surface area contributed by atoms with E-state index in [4.69, 9.17) is 9.15 Å². The standard InChI is InChI=1S/C18H13N3O5/c1-11(22)20-18(13-6-4-7-14(9-13)21(23)24)26-17(19-20)16-10-12-5-2-3-8-15(12)25-16/h2-10,18H,1H3. The van der Waals surface area contributed by atoms with Crippen LogP contribution in [0.3, 0.4) is 0 Å². The van der Waals surface area contributed by atoms with Crippen LogP contribution in [0.25, 0.3) is 11.0 Å². The number of benzene rings is 2. The molecular formula is C18H13N3O5. The van der Waals surface area contributed by atoms with Crippen LogP contribution in [-0.2, 0) is 9.53 Å². The van der Waals surface area contributed by atoms with E-state index in [0.29, 0.717) is 16.9 Å². The molecule has 26 heavy (non-hydrogen) atoms. The number of carbonyl (C=O) groups excluding carboxylic acids is 1. The minimum Gasteiger partial charge on any atom is -0.451 e. The first-order valence-corrected chi connectivity index (χ1v) is 7.81. The van der Waals surface area contributed by atoms with Gasteiger partial charge < -0.3 is 9.15 Å². The van der Waals surface area contributed by atoms with Crippen molar-refractivity contribution in [1.82, 2.24) is 5.01 Å². The topological polar surface area (TPSA) is 98.2 Å². The molecule has 4 rings (SSSR count). The minimum atomic E-state index is -0.893. The second kappa shape index (κ2) is 5.99. The summed E-state index contributed by atoms with van der Waals surface area (Å²) in [7, 11) is 0. The summed E-state index contributed by atoms with van der Waals surface area (Å²) in [4.78, 5) is 22.5. The first kappa shape index (κ1) is 15.8. The van der Waals surface area contributed by atoms with E-state index in [2.05, 4.69) is 5.10 Å². The molecule has 0 N–H and O–H groups in total. The van der Waals surface area contributed by atoms with E-state index in [0.717, 1.165) is 10.4 Å². The predicted octanol–water partition coefficient (Wildman–Crippen LogP) is 3.58. The zero-order valence-corrected chi connectivity index (χ0v) is 13.7. The van der Waals surface area contributed by atoms with Gasteiger partial charge in [0.1, 0.15) is 5.58 Å². The summed E-state index contributed by atoms with van der Waals surface area (Å²) in [6, 6.07) is 15.1. The van der Waals surface area contributed by atoms with E-state index in [1.54, 1.807) is 12.1 Å². The van der Waals surface area contributed by atoms with Crippen LogP contribution >= 0.6 is 0 Å². The van der Waals surface area contributed by atoms with Gasteiger partial charge in [-0.3, -0.25) is 14.9 Å². The number of hydrogen-bond donors (Lipinski definition) is 0. The molecule has 2 heterocycles. The normalized spacial score (nSPS) is 16.4. The fourth-order valence-electron chi connectivity index (χ4n) is 2.76. The van der Waals surface area contributed by atoms with Gasteiger partial charge in [0.15, 0.2) is 5.76 Å². The second-order valence-electron chi connectivity index (χ2n) is 5.74. The zero-order chi connectivity index (χ0) is 18.3. The van der Waals surface area contributed by atoms with E-state index in [1.165, 1.54) is 25.1 Å². The Balaban J connectivity index is 1.71. The molecule has 0 fully saturated rings. The van der Waals surface area contributed by atoms with Crippen molar-refractivity contribution < 1.29 is 18.9 Å². The number of furan rings is 1. The van der Waals surface area contributed by atoms with Crippen LogP contribution in [0, 0.1) is 10.1 Å². The summed E-state index contributed by atoms with van der Waals surface area (Å²) in [6.45, 7) is 1.35. The molecule has 0 saturated heterocycles. The number of nitrogens with zero attached hydrogens (tertiary/aromatic N) is 3. The van der Waals surface area contributed by atoms with Gasteiger partial charge >= 0.3 is 0 Å². The first-order chi connectivity index (χ1) is 12.5. The van der Waals surface area contributed by atoms with Crippen molar-refractivity contribution in [2.45, 2.75) is 13.2 Å². The van der Waals surface area contributed by atoms with Gasteiger partial charge in [-0.05, 0) is 12.1 Å². The van der Waals surface area contributed by atoms with E-state index in [9.17, 15) is 14.9 Å². The average Bonchev–Trinajstić information content (AvgIpc) is 3.26. The Bertz CT molecular complexity index is 1020. The molecule has 2 aromatic carbocycles. The summed E-state index contributed by atoms with van der Waals surface area (Å²) in [5.74, 6) is 0.172. The number of ether oxygens (including phenoxy) is 1. The molecular weight excluding hydrogens is 338 g/mol. The fourth-order valence-corrected chi connectivity index (χ4v) is 2.76. The van der Waals surface area contributed by atoms with Crippen molar-refractivity contribution in [3.63, 3.8) is 0 Å². The molecule has 1 aliphatic rings. The van der Waals surface area contributed by atoms with Crippen molar-refractivity contribution in [3.05, 3.63) is 76.0 Å². The highest BCUT2D eigenvalue weighted by atomic mass is 16.6. The van der Waals surface area contributed by atoms with Crippen molar-refractivity contribution in [3.8, 4) is 0 Å². The van der Waals surface area contributed by atoms with Crippen molar-refractivity contribution in [2.24, 2.45) is 5.10 Å². The molecule has 0 saturated carbocycles. The average molecular weight is 351 g/mol. The summed E-state index contributed by atoms with van der Waals surface area (Å²) in [6.07, 6.45) is -0.893. The molecule has 8 heteroatoms. The van der Waals surface area contributed by atoms with Gasteiger partial charge in [0.2, 0.25) is 12.1 Å². The number of fused-ring (bicyclic) bond motifs is 1. The van der Waals surface area contributed by atoms with Crippen molar-refractivity contribution >= 4 is 28.5 Å². The summed E-state index contributed by atoms with van der Waals surface area (Å²) in [5.41, 5.74) is 1.03. The third-order valence-corrected chi connectivity index (χ3v) is 3.97. The van der Waals surface area contributed by atoms with Crippen LogP contribution < -0.4 is 0 Å². The van der Waals surface area contributed by atoms with E-state index >= 15 is 0 Å². The van der Waals surface area contributed by atoms with E-state index in [1.807, 2.05) is 24.3 Å². The summed E-state index contributed by atoms with van der Waals surface area (Å²) in [5, 5.41) is 17.2. The summed E-state index contributed by atoms with van der Waals surface area (Å²) >= 11 is 0. The van der Waals surface area contributed by atoms with Gasteiger partial charge in [0.05, 0.1) is 4.92 Å². The number of non-ortho nitro benzene ring substituents is 1. The van der Waals surface area contributed by atoms with Crippen molar-refractivity contribution in [1.29, 1.82) is 0 Å². The first-order valence-electron chi connectivity index (χ1n) is 7.81. The summed E-state index contributed by atoms with van der Waals surface area (Å²) < 4.78 is 11.5. The Morgan fingerprint density at radius 2 is 2.00 bits per heavy atom. The Hall–Kier alpha value is -3.68. The van der Waals surface area contributed by atoms with Crippen LogP contribution in [0.5, 0.6) is 0 Å². The predicted molar refractivity (Wildman–Crippen MR) is 92.2 cm³/mol. The van der Waals surface area contributed by atoms with Gasteiger partial charge in [0.25, 0.3) is 11.6 Å². The van der Waals surface area contributed by atoms with Gasteiger partial charge in [-0.25, -0.2) is 0 Å². The fraction of sp³-hybridized carbons (Fsp3) is 0.111. The second-order valence-corrected chi connectivity index (χ2v) is 5.74. The Morgan fingerprint density at radius 1 is 1.19 bits per heavy atom. The smallest absolute Gasteiger partial charge is 0.277 e. The Morgan fingerprint density at radius 3 is 2.73 bits per heavy atom. The van der Waals surface area contributed by atoms with Gasteiger partial charge in [-0.1, -0.05) is 30.3 Å². The third kappa shape index (κ3) is 2.67. The molecule has 8 nitrogen and oxygen atoms in total. The van der Waals surface area contributed by atoms with E-state index < -0.39 is 11.2 Å². The minimum absolute atomic E-state index is 0.0909. The van der Waals surface area contributed by atoms with Gasteiger partial charge in [-0.2, -0.15) is 5.01 Å². The molecule has 1 unspecified atom stereocenters. The molecule has 1 amide bonds. The number of carbonyl (C=O) groups is 1.